The van der Waals surface area contributed by atoms with Gasteiger partial charge in [-0.3, -0.25) is 0 Å². The van der Waals surface area contributed by atoms with Crippen LogP contribution in [0.2, 0.25) is 9.36 Å². The minimum absolute atomic E-state index is 0.289. The number of hydrogen-bond acceptors (Lipinski definition) is 4. The van der Waals surface area contributed by atoms with Crippen molar-refractivity contribution in [1.82, 2.24) is 4.98 Å². The van der Waals surface area contributed by atoms with Crippen molar-refractivity contribution in [3.8, 4) is 16.5 Å². The first-order valence-electron chi connectivity index (χ1n) is 7.28. The van der Waals surface area contributed by atoms with Gasteiger partial charge in [-0.15, -0.1) is 11.3 Å². The molecule has 0 fully saturated rings. The molecule has 0 atom stereocenters. The van der Waals surface area contributed by atoms with Gasteiger partial charge in [-0.1, -0.05) is 36.0 Å². The summed E-state index contributed by atoms with van der Waals surface area (Å²) in [4.78, 5) is 5.32. The Bertz CT molecular complexity index is 762. The molecule has 3 nitrogen and oxygen atoms in total. The van der Waals surface area contributed by atoms with Crippen LogP contribution < -0.4 is 5.73 Å². The van der Waals surface area contributed by atoms with Crippen LogP contribution in [-0.4, -0.2) is 4.98 Å². The first-order valence-corrected chi connectivity index (χ1v) is 8.85. The second-order valence-corrected chi connectivity index (χ2v) is 7.52. The minimum Gasteiger partial charge on any atom is -0.383 e. The van der Waals surface area contributed by atoms with Crippen LogP contribution in [0.4, 0.5) is 5.82 Å². The smallest absolute Gasteiger partial charge is 0.142 e. The van der Waals surface area contributed by atoms with Gasteiger partial charge in [-0.05, 0) is 37.3 Å². The highest BCUT2D eigenvalue weighted by Crippen LogP contribution is 2.44. The molecule has 0 saturated carbocycles. The second kappa shape index (κ2) is 6.45. The highest BCUT2D eigenvalue weighted by Gasteiger charge is 2.23. The number of nitrogens with two attached hydrogens (primary N) is 1. The minimum atomic E-state index is 0.289. The van der Waals surface area contributed by atoms with Crippen molar-refractivity contribution in [3.63, 3.8) is 0 Å². The molecule has 0 amide bonds. The van der Waals surface area contributed by atoms with E-state index in [0.29, 0.717) is 14.9 Å². The zero-order valence-corrected chi connectivity index (χ0v) is 14.3. The van der Waals surface area contributed by atoms with Gasteiger partial charge in [0.25, 0.3) is 0 Å². The van der Waals surface area contributed by atoms with Crippen LogP contribution >= 0.6 is 34.5 Å². The van der Waals surface area contributed by atoms with Crippen LogP contribution in [0, 0.1) is 11.3 Å². The Morgan fingerprint density at radius 2 is 1.91 bits per heavy atom. The van der Waals surface area contributed by atoms with Crippen molar-refractivity contribution in [2.24, 2.45) is 0 Å². The number of aromatic nitrogens is 1. The Labute approximate surface area is 143 Å². The van der Waals surface area contributed by atoms with E-state index < -0.39 is 0 Å². The molecule has 0 aliphatic heterocycles. The lowest BCUT2D eigenvalue weighted by Gasteiger charge is -2.19. The van der Waals surface area contributed by atoms with Crippen LogP contribution in [0.3, 0.4) is 0 Å². The molecule has 0 radical (unpaired) electrons. The molecule has 0 aromatic carbocycles. The average molecular weight is 352 g/mol. The SMILES string of the molecule is N#Cc1c(N)nc2c(c1-c1sc(Cl)cc1Cl)CCCCCC2. The Balaban J connectivity index is 2.30. The number of pyridine rings is 1. The van der Waals surface area contributed by atoms with E-state index >= 15 is 0 Å². The molecular weight excluding hydrogens is 337 g/mol. The van der Waals surface area contributed by atoms with Gasteiger partial charge in [0.1, 0.15) is 17.5 Å². The van der Waals surface area contributed by atoms with Crippen molar-refractivity contribution in [2.45, 2.75) is 38.5 Å². The average Bonchev–Trinajstić information content (AvgIpc) is 2.78. The molecule has 22 heavy (non-hydrogen) atoms. The second-order valence-electron chi connectivity index (χ2n) is 5.43. The summed E-state index contributed by atoms with van der Waals surface area (Å²) in [6.07, 6.45) is 6.40. The summed E-state index contributed by atoms with van der Waals surface area (Å²) in [7, 11) is 0. The number of anilines is 1. The van der Waals surface area contributed by atoms with Crippen LogP contribution in [0.25, 0.3) is 10.4 Å². The van der Waals surface area contributed by atoms with E-state index in [-0.39, 0.29) is 5.82 Å². The first kappa shape index (κ1) is 15.6. The molecule has 1 aliphatic rings. The molecule has 0 unspecified atom stereocenters. The molecular formula is C16H15Cl2N3S. The maximum atomic E-state index is 9.54. The number of halogens is 2. The van der Waals surface area contributed by atoms with E-state index in [9.17, 15) is 5.26 Å². The number of rotatable bonds is 1. The molecule has 3 rings (SSSR count). The lowest BCUT2D eigenvalue weighted by molar-refractivity contribution is 0.610. The lowest BCUT2D eigenvalue weighted by Crippen LogP contribution is -2.09. The number of hydrogen-bond donors (Lipinski definition) is 1. The summed E-state index contributed by atoms with van der Waals surface area (Å²) in [5.41, 5.74) is 9.42. The van der Waals surface area contributed by atoms with E-state index in [2.05, 4.69) is 11.1 Å². The molecule has 1 aliphatic carbocycles. The highest BCUT2D eigenvalue weighted by molar-refractivity contribution is 7.20. The molecule has 0 bridgehead atoms. The first-order chi connectivity index (χ1) is 10.6. The molecule has 2 heterocycles. The maximum absolute atomic E-state index is 9.54. The van der Waals surface area contributed by atoms with E-state index in [4.69, 9.17) is 28.9 Å². The van der Waals surface area contributed by atoms with Crippen molar-refractivity contribution >= 4 is 40.4 Å². The predicted molar refractivity (Wildman–Crippen MR) is 92.6 cm³/mol. The summed E-state index contributed by atoms with van der Waals surface area (Å²) in [6, 6.07) is 3.92. The summed E-state index contributed by atoms with van der Waals surface area (Å²) < 4.78 is 0.610. The van der Waals surface area contributed by atoms with E-state index in [1.165, 1.54) is 24.2 Å². The Morgan fingerprint density at radius 1 is 1.18 bits per heavy atom. The molecule has 114 valence electrons. The largest absolute Gasteiger partial charge is 0.383 e. The summed E-state index contributed by atoms with van der Waals surface area (Å²) in [6.45, 7) is 0. The maximum Gasteiger partial charge on any atom is 0.142 e. The highest BCUT2D eigenvalue weighted by atomic mass is 35.5. The van der Waals surface area contributed by atoms with Gasteiger partial charge in [0.05, 0.1) is 14.2 Å². The third-order valence-electron chi connectivity index (χ3n) is 4.00. The molecule has 2 aromatic rings. The van der Waals surface area contributed by atoms with Crippen LogP contribution in [0.15, 0.2) is 6.07 Å². The normalized spacial score (nSPS) is 14.8. The van der Waals surface area contributed by atoms with Crippen molar-refractivity contribution < 1.29 is 0 Å². The summed E-state index contributed by atoms with van der Waals surface area (Å²) >= 11 is 13.8. The van der Waals surface area contributed by atoms with Gasteiger partial charge in [-0.25, -0.2) is 4.98 Å². The van der Waals surface area contributed by atoms with Crippen molar-refractivity contribution in [3.05, 3.63) is 32.2 Å². The Kier molecular flexibility index (Phi) is 4.58. The van der Waals surface area contributed by atoms with E-state index in [1.54, 1.807) is 6.07 Å². The van der Waals surface area contributed by atoms with Gasteiger partial charge < -0.3 is 5.73 Å². The number of thiophene rings is 1. The van der Waals surface area contributed by atoms with Gasteiger partial charge in [0.15, 0.2) is 0 Å². The van der Waals surface area contributed by atoms with Crippen LogP contribution in [-0.2, 0) is 12.8 Å². The van der Waals surface area contributed by atoms with Crippen LogP contribution in [0.1, 0.15) is 42.5 Å². The molecule has 0 spiro atoms. The number of nitriles is 1. The van der Waals surface area contributed by atoms with Crippen molar-refractivity contribution in [1.29, 1.82) is 5.26 Å². The number of aryl methyl sites for hydroxylation is 1. The molecule has 2 N–H and O–H groups in total. The van der Waals surface area contributed by atoms with Crippen molar-refractivity contribution in [2.75, 3.05) is 5.73 Å². The summed E-state index contributed by atoms with van der Waals surface area (Å²) in [5, 5.41) is 10.1. The van der Waals surface area contributed by atoms with E-state index in [1.807, 2.05) is 0 Å². The quantitative estimate of drug-likeness (QED) is 0.764. The standard InChI is InChI=1S/C16H15Cl2N3S/c17-11-7-13(18)22-15(11)14-9-5-3-1-2-4-6-12(9)21-16(20)10(14)8-19/h7H,1-6H2,(H2,20,21). The molecule has 6 heteroatoms. The fourth-order valence-electron chi connectivity index (χ4n) is 2.99. The third-order valence-corrected chi connectivity index (χ3v) is 5.69. The lowest BCUT2D eigenvalue weighted by atomic mass is 9.90. The topological polar surface area (TPSA) is 62.7 Å². The zero-order chi connectivity index (χ0) is 15.7. The summed E-state index contributed by atoms with van der Waals surface area (Å²) in [5.74, 6) is 0.289. The zero-order valence-electron chi connectivity index (χ0n) is 12.0. The number of nitrogen functional groups attached to an aromatic ring is 1. The fourth-order valence-corrected chi connectivity index (χ4v) is 4.63. The van der Waals surface area contributed by atoms with Gasteiger partial charge in [0, 0.05) is 11.3 Å². The third kappa shape index (κ3) is 2.81. The van der Waals surface area contributed by atoms with Crippen LogP contribution in [0.5, 0.6) is 0 Å². The Hall–Kier alpha value is -1.28. The van der Waals surface area contributed by atoms with Gasteiger partial charge in [-0.2, -0.15) is 5.26 Å². The van der Waals surface area contributed by atoms with E-state index in [0.717, 1.165) is 47.4 Å². The molecule has 0 saturated heterocycles. The monoisotopic (exact) mass is 351 g/mol. The Morgan fingerprint density at radius 3 is 2.55 bits per heavy atom. The molecule has 2 aromatic heterocycles. The van der Waals surface area contributed by atoms with Gasteiger partial charge >= 0.3 is 0 Å². The number of fused-ring (bicyclic) bond motifs is 1. The fraction of sp³-hybridized carbons (Fsp3) is 0.375. The predicted octanol–water partition coefficient (Wildman–Crippen LogP) is 5.23. The number of nitrogens with zero attached hydrogens (tertiary/aromatic N) is 2. The van der Waals surface area contributed by atoms with Gasteiger partial charge in [0.2, 0.25) is 0 Å².